The van der Waals surface area contributed by atoms with Gasteiger partial charge in [-0.1, -0.05) is 110 Å². The number of amides is 1. The molecule has 4 aliphatic rings. The number of benzene rings is 3. The lowest BCUT2D eigenvalue weighted by molar-refractivity contribution is -0.344. The second-order valence-electron chi connectivity index (χ2n) is 23.4. The summed E-state index contributed by atoms with van der Waals surface area (Å²) in [6.07, 6.45) is -8.92. The van der Waals surface area contributed by atoms with E-state index in [1.54, 1.807) is 100 Å². The van der Waals surface area contributed by atoms with Gasteiger partial charge >= 0.3 is 23.9 Å². The molecule has 1 amide bonds. The molecule has 0 unspecified atom stereocenters. The van der Waals surface area contributed by atoms with E-state index in [4.69, 9.17) is 37.3 Å². The summed E-state index contributed by atoms with van der Waals surface area (Å²) >= 11 is 0. The van der Waals surface area contributed by atoms with E-state index in [0.29, 0.717) is 58.7 Å². The van der Waals surface area contributed by atoms with Gasteiger partial charge in [0.25, 0.3) is 5.91 Å². The van der Waals surface area contributed by atoms with Crippen molar-refractivity contribution in [3.05, 3.63) is 113 Å². The van der Waals surface area contributed by atoms with Crippen LogP contribution in [0.3, 0.4) is 0 Å². The highest BCUT2D eigenvalue weighted by atomic mass is 28.4. The lowest BCUT2D eigenvalue weighted by Crippen LogP contribution is -2.82. The van der Waals surface area contributed by atoms with Crippen LogP contribution in [0.1, 0.15) is 142 Å². The van der Waals surface area contributed by atoms with E-state index in [1.807, 2.05) is 40.7 Å². The first-order valence-corrected chi connectivity index (χ1v) is 33.8. The van der Waals surface area contributed by atoms with Gasteiger partial charge in [-0.05, 0) is 111 Å². The van der Waals surface area contributed by atoms with Crippen LogP contribution in [-0.2, 0) is 51.7 Å². The highest BCUT2D eigenvalue weighted by Crippen LogP contribution is 2.65. The fraction of sp³-hybridized carbons (Fsp3) is 0.581. The average Bonchev–Trinajstić information content (AvgIpc) is 3.58. The van der Waals surface area contributed by atoms with Gasteiger partial charge in [0.1, 0.15) is 29.7 Å². The van der Waals surface area contributed by atoms with Crippen LogP contribution in [0.25, 0.3) is 0 Å². The normalized spacial score (nSPS) is 27.9. The molecule has 1 aliphatic heterocycles. The van der Waals surface area contributed by atoms with Crippen LogP contribution >= 0.6 is 0 Å². The minimum absolute atomic E-state index is 0.0593. The molecule has 1 heterocycles. The summed E-state index contributed by atoms with van der Waals surface area (Å²) in [7, 11) is -5.46. The molecule has 3 fully saturated rings. The lowest BCUT2D eigenvalue weighted by atomic mass is 9.44. The minimum Gasteiger partial charge on any atom is -0.491 e. The first kappa shape index (κ1) is 62.1. The highest BCUT2D eigenvalue weighted by molar-refractivity contribution is 6.74. The van der Waals surface area contributed by atoms with Crippen molar-refractivity contribution in [2.75, 3.05) is 6.61 Å². The number of ketones is 1. The number of fused-ring (bicyclic) bond motifs is 5. The molecular formula is C62H85NO15Si2. The van der Waals surface area contributed by atoms with E-state index in [-0.39, 0.29) is 30.3 Å². The van der Waals surface area contributed by atoms with Gasteiger partial charge in [0.2, 0.25) is 0 Å². The van der Waals surface area contributed by atoms with Gasteiger partial charge in [0, 0.05) is 37.7 Å². The summed E-state index contributed by atoms with van der Waals surface area (Å²) in [4.78, 5) is 89.5. The maximum atomic E-state index is 16.7. The monoisotopic (exact) mass is 1140 g/mol. The van der Waals surface area contributed by atoms with Crippen molar-refractivity contribution in [1.82, 2.24) is 5.32 Å². The molecular weight excluding hydrogens is 1050 g/mol. The van der Waals surface area contributed by atoms with Gasteiger partial charge in [0.15, 0.2) is 40.2 Å². The van der Waals surface area contributed by atoms with Crippen LogP contribution in [0, 0.1) is 16.7 Å². The quantitative estimate of drug-likeness (QED) is 0.0415. The number of ether oxygens (including phenoxy) is 6. The van der Waals surface area contributed by atoms with Gasteiger partial charge in [0.05, 0.1) is 41.8 Å². The first-order valence-electron chi connectivity index (χ1n) is 28.7. The van der Waals surface area contributed by atoms with Crippen LogP contribution in [0.2, 0.25) is 36.3 Å². The molecule has 80 heavy (non-hydrogen) atoms. The van der Waals surface area contributed by atoms with Crippen molar-refractivity contribution in [3.8, 4) is 5.75 Å². The van der Waals surface area contributed by atoms with Crippen LogP contribution in [0.4, 0.5) is 0 Å². The van der Waals surface area contributed by atoms with Gasteiger partial charge in [-0.25, -0.2) is 9.59 Å². The smallest absolute Gasteiger partial charge is 0.338 e. The van der Waals surface area contributed by atoms with Crippen LogP contribution in [-0.4, -0.2) is 118 Å². The molecule has 2 saturated carbocycles. The third kappa shape index (κ3) is 11.5. The van der Waals surface area contributed by atoms with E-state index in [1.165, 1.54) is 19.9 Å². The van der Waals surface area contributed by atoms with Crippen molar-refractivity contribution in [2.45, 2.75) is 206 Å². The van der Waals surface area contributed by atoms with Crippen molar-refractivity contribution < 1.29 is 71.1 Å². The molecule has 3 aromatic carbocycles. The summed E-state index contributed by atoms with van der Waals surface area (Å²) in [5.41, 5.74) is -6.20. The zero-order chi connectivity index (χ0) is 58.8. The molecule has 0 aromatic heterocycles. The van der Waals surface area contributed by atoms with Crippen LogP contribution in [0.15, 0.2) is 96.1 Å². The van der Waals surface area contributed by atoms with Crippen molar-refractivity contribution >= 4 is 52.2 Å². The number of hydrogen-bond donors (Lipinski definition) is 2. The molecule has 11 atom stereocenters. The minimum atomic E-state index is -2.78. The van der Waals surface area contributed by atoms with E-state index >= 15 is 14.4 Å². The molecule has 0 radical (unpaired) electrons. The van der Waals surface area contributed by atoms with Gasteiger partial charge in [-0.15, -0.1) is 0 Å². The number of rotatable bonds is 22. The largest absolute Gasteiger partial charge is 0.491 e. The molecule has 0 spiro atoms. The fourth-order valence-electron chi connectivity index (χ4n) is 13.4. The molecule has 16 nitrogen and oxygen atoms in total. The molecule has 2 bridgehead atoms. The number of aliphatic hydroxyl groups is 1. The summed E-state index contributed by atoms with van der Waals surface area (Å²) in [5.74, 6) is -5.48. The van der Waals surface area contributed by atoms with Crippen LogP contribution < -0.4 is 10.1 Å². The molecule has 3 aromatic rings. The predicted octanol–water partition coefficient (Wildman–Crippen LogP) is 10.6. The zero-order valence-electron chi connectivity index (χ0n) is 49.3. The van der Waals surface area contributed by atoms with Crippen LogP contribution in [0.5, 0.6) is 5.75 Å². The number of carbonyl (C=O) groups excluding carboxylic acids is 6. The maximum absolute atomic E-state index is 16.7. The lowest BCUT2D eigenvalue weighted by Gasteiger charge is -2.68. The standard InChI is InChI=1S/C62H85NO15Si2/c1-15-79(16-2,17-3)77-47-35-48-61(37-71-48,76-41(11)65)53-55(75-57(68)44-32-27-33-45(34-44)72-38(7)8)62(70)36-46(39(9)49(59(62,12)13)51(73-40(10)64)54(66)60(47,53)14)74-58(69)52(78-80(18-4,19-5)20-6)50(42-28-23-21-24-29-42)63-56(67)43-30-25-22-26-31-43/h21-34,38,46-48,50-53,55,70H,15-20,35-37H2,1-14H3,(H,63,67)/t46-,47-,48+,50-,51+,52+,53-,55-,60+,61-,62+/m0/s1. The third-order valence-corrected chi connectivity index (χ3v) is 27.8. The fourth-order valence-corrected chi connectivity index (χ4v) is 19.1. The highest BCUT2D eigenvalue weighted by Gasteiger charge is 2.79. The van der Waals surface area contributed by atoms with Gasteiger partial charge in [-0.3, -0.25) is 19.2 Å². The Hall–Kier alpha value is -5.51. The van der Waals surface area contributed by atoms with Crippen molar-refractivity contribution in [3.63, 3.8) is 0 Å². The Morgan fingerprint density at radius 3 is 1.89 bits per heavy atom. The zero-order valence-corrected chi connectivity index (χ0v) is 51.3. The number of Topliss-reactive ketones (excluding diaryl/α,β-unsaturated/α-hetero) is 1. The Morgan fingerprint density at radius 1 is 0.762 bits per heavy atom. The van der Waals surface area contributed by atoms with Crippen molar-refractivity contribution in [1.29, 1.82) is 0 Å². The topological polar surface area (TPSA) is 209 Å². The number of esters is 4. The molecule has 3 aliphatic carbocycles. The summed E-state index contributed by atoms with van der Waals surface area (Å²) < 4.78 is 53.5. The number of nitrogens with one attached hydrogen (secondary N) is 1. The molecule has 18 heteroatoms. The summed E-state index contributed by atoms with van der Waals surface area (Å²) in [6.45, 7) is 24.9. The molecule has 2 N–H and O–H groups in total. The van der Waals surface area contributed by atoms with E-state index in [2.05, 4.69) is 26.1 Å². The average molecular weight is 1140 g/mol. The Kier molecular flexibility index (Phi) is 19.0. The molecule has 436 valence electrons. The second-order valence-corrected chi connectivity index (χ2v) is 32.8. The molecule has 1 saturated heterocycles. The summed E-state index contributed by atoms with van der Waals surface area (Å²) in [6, 6.07) is 26.9. The first-order chi connectivity index (χ1) is 37.8. The Labute approximate surface area is 474 Å². The molecule has 7 rings (SSSR count). The van der Waals surface area contributed by atoms with Crippen molar-refractivity contribution in [2.24, 2.45) is 16.7 Å². The van der Waals surface area contributed by atoms with Gasteiger partial charge in [-0.2, -0.15) is 0 Å². The van der Waals surface area contributed by atoms with E-state index in [0.717, 1.165) is 0 Å². The predicted molar refractivity (Wildman–Crippen MR) is 306 cm³/mol. The number of hydrogen-bond acceptors (Lipinski definition) is 15. The Bertz CT molecular complexity index is 2760. The summed E-state index contributed by atoms with van der Waals surface area (Å²) in [5, 5.41) is 17.7. The second kappa shape index (κ2) is 24.5. The number of carbonyl (C=O) groups is 6. The Morgan fingerprint density at radius 2 is 1.35 bits per heavy atom. The SMILES string of the molecule is CC[Si](CC)(CC)O[C@H]1C[C@H]2OC[C@@]2(OC(C)=O)[C@H]2[C@H](OC(=O)c3cccc(OC(C)C)c3)[C@]3(O)C[C@H](OC(=O)[C@H](O[Si](CC)(CC)CC)[C@@H](NC(=O)c4ccccc4)c4ccccc4)C(C)=C([C@@H](OC(C)=O)C(=O)[C@]12C)C3(C)C. The van der Waals surface area contributed by atoms with Gasteiger partial charge < -0.3 is 47.7 Å². The maximum Gasteiger partial charge on any atom is 0.338 e. The van der Waals surface area contributed by atoms with E-state index in [9.17, 15) is 19.5 Å². The third-order valence-electron chi connectivity index (χ3n) is 18.5. The Balaban J connectivity index is 1.50. The van der Waals surface area contributed by atoms with E-state index < -0.39 is 129 Å².